The number of carbonyl (C=O) groups excluding carboxylic acids is 1. The van der Waals surface area contributed by atoms with Crippen molar-refractivity contribution in [3.8, 4) is 11.3 Å². The lowest BCUT2D eigenvalue weighted by Gasteiger charge is -2.05. The fourth-order valence-corrected chi connectivity index (χ4v) is 2.93. The standard InChI is InChI=1S/C21H16ClN5O/c1-14-24-25-20-12-11-19(26-27(14)20)16-6-9-17(10-7-16)23-21(28)13-8-15-4-2-3-5-18(15)22/h2-13H,1H3,(H,23,28)/b13-8+. The molecule has 7 heteroatoms. The normalized spacial score (nSPS) is 11.2. The first-order valence-electron chi connectivity index (χ1n) is 8.63. The molecule has 0 atom stereocenters. The van der Waals surface area contributed by atoms with Gasteiger partial charge in [0.1, 0.15) is 0 Å². The first kappa shape index (κ1) is 17.9. The number of nitrogens with one attached hydrogen (secondary N) is 1. The zero-order chi connectivity index (χ0) is 19.5. The molecule has 0 aliphatic rings. The molecule has 0 radical (unpaired) electrons. The lowest BCUT2D eigenvalue weighted by Crippen LogP contribution is -2.07. The Morgan fingerprint density at radius 2 is 1.82 bits per heavy atom. The number of rotatable bonds is 4. The molecule has 0 spiro atoms. The number of hydrogen-bond donors (Lipinski definition) is 1. The zero-order valence-electron chi connectivity index (χ0n) is 15.0. The highest BCUT2D eigenvalue weighted by molar-refractivity contribution is 6.32. The van der Waals surface area contributed by atoms with Crippen LogP contribution in [0, 0.1) is 6.92 Å². The van der Waals surface area contributed by atoms with Gasteiger partial charge in [-0.05, 0) is 48.9 Å². The van der Waals surface area contributed by atoms with Gasteiger partial charge < -0.3 is 5.32 Å². The molecule has 2 heterocycles. The lowest BCUT2D eigenvalue weighted by atomic mass is 10.1. The fraction of sp³-hybridized carbons (Fsp3) is 0.0476. The van der Waals surface area contributed by atoms with Crippen LogP contribution in [0.5, 0.6) is 0 Å². The van der Waals surface area contributed by atoms with Crippen LogP contribution in [-0.2, 0) is 4.79 Å². The van der Waals surface area contributed by atoms with Gasteiger partial charge in [-0.15, -0.1) is 10.2 Å². The second-order valence-electron chi connectivity index (χ2n) is 6.16. The first-order chi connectivity index (χ1) is 13.6. The van der Waals surface area contributed by atoms with Gasteiger partial charge in [0.2, 0.25) is 5.91 Å². The van der Waals surface area contributed by atoms with E-state index in [2.05, 4.69) is 20.6 Å². The molecule has 0 saturated heterocycles. The first-order valence-corrected chi connectivity index (χ1v) is 9.01. The highest BCUT2D eigenvalue weighted by Gasteiger charge is 2.06. The second-order valence-corrected chi connectivity index (χ2v) is 6.56. The molecule has 2 aromatic heterocycles. The molecular weight excluding hydrogens is 374 g/mol. The van der Waals surface area contributed by atoms with E-state index in [9.17, 15) is 4.79 Å². The smallest absolute Gasteiger partial charge is 0.248 e. The number of aromatic nitrogens is 4. The van der Waals surface area contributed by atoms with Crippen molar-refractivity contribution in [2.75, 3.05) is 5.32 Å². The SMILES string of the molecule is Cc1nnc2ccc(-c3ccc(NC(=O)/C=C/c4ccccc4Cl)cc3)nn12. The average molecular weight is 390 g/mol. The summed E-state index contributed by atoms with van der Waals surface area (Å²) in [5.41, 5.74) is 3.92. The molecule has 0 bridgehead atoms. The molecule has 0 saturated carbocycles. The Balaban J connectivity index is 1.47. The molecule has 0 aliphatic heterocycles. The molecule has 1 N–H and O–H groups in total. The van der Waals surface area contributed by atoms with Crippen molar-refractivity contribution in [3.63, 3.8) is 0 Å². The molecule has 6 nitrogen and oxygen atoms in total. The molecule has 138 valence electrons. The van der Waals surface area contributed by atoms with E-state index in [1.54, 1.807) is 16.7 Å². The van der Waals surface area contributed by atoms with Crippen LogP contribution in [0.3, 0.4) is 0 Å². The van der Waals surface area contributed by atoms with E-state index in [1.807, 2.05) is 61.5 Å². The maximum Gasteiger partial charge on any atom is 0.248 e. The number of carbonyl (C=O) groups is 1. The van der Waals surface area contributed by atoms with E-state index in [0.717, 1.165) is 22.6 Å². The Morgan fingerprint density at radius 3 is 2.61 bits per heavy atom. The minimum Gasteiger partial charge on any atom is -0.323 e. The highest BCUT2D eigenvalue weighted by atomic mass is 35.5. The summed E-state index contributed by atoms with van der Waals surface area (Å²) in [5.74, 6) is 0.498. The van der Waals surface area contributed by atoms with Gasteiger partial charge in [-0.3, -0.25) is 4.79 Å². The highest BCUT2D eigenvalue weighted by Crippen LogP contribution is 2.20. The molecule has 2 aromatic carbocycles. The number of hydrogen-bond acceptors (Lipinski definition) is 4. The Labute approximate surface area is 166 Å². The summed E-state index contributed by atoms with van der Waals surface area (Å²) < 4.78 is 1.70. The van der Waals surface area contributed by atoms with Crippen molar-refractivity contribution < 1.29 is 4.79 Å². The molecule has 0 aliphatic carbocycles. The van der Waals surface area contributed by atoms with Gasteiger partial charge in [0.15, 0.2) is 11.5 Å². The van der Waals surface area contributed by atoms with Gasteiger partial charge in [-0.25, -0.2) is 0 Å². The zero-order valence-corrected chi connectivity index (χ0v) is 15.8. The number of amides is 1. The number of aryl methyl sites for hydroxylation is 1. The third-order valence-corrected chi connectivity index (χ3v) is 4.53. The van der Waals surface area contributed by atoms with Crippen molar-refractivity contribution in [1.82, 2.24) is 19.8 Å². The van der Waals surface area contributed by atoms with E-state index >= 15 is 0 Å². The van der Waals surface area contributed by atoms with Crippen LogP contribution in [0.4, 0.5) is 5.69 Å². The van der Waals surface area contributed by atoms with Gasteiger partial charge in [0.25, 0.3) is 0 Å². The Morgan fingerprint density at radius 1 is 1.04 bits per heavy atom. The predicted octanol–water partition coefficient (Wildman–Crippen LogP) is 4.41. The quantitative estimate of drug-likeness (QED) is 0.525. The van der Waals surface area contributed by atoms with Gasteiger partial charge in [0, 0.05) is 22.3 Å². The Bertz CT molecular complexity index is 1180. The van der Waals surface area contributed by atoms with Gasteiger partial charge in [-0.1, -0.05) is 41.9 Å². The summed E-state index contributed by atoms with van der Waals surface area (Å²) >= 11 is 6.08. The molecular formula is C21H16ClN5O. The van der Waals surface area contributed by atoms with Crippen LogP contribution in [0.2, 0.25) is 5.02 Å². The second kappa shape index (κ2) is 7.62. The van der Waals surface area contributed by atoms with Gasteiger partial charge in [-0.2, -0.15) is 9.61 Å². The summed E-state index contributed by atoms with van der Waals surface area (Å²) in [4.78, 5) is 12.1. The van der Waals surface area contributed by atoms with Crippen molar-refractivity contribution in [3.05, 3.63) is 83.2 Å². The lowest BCUT2D eigenvalue weighted by molar-refractivity contribution is -0.111. The molecule has 0 unspecified atom stereocenters. The summed E-state index contributed by atoms with van der Waals surface area (Å²) in [7, 11) is 0. The third kappa shape index (κ3) is 3.77. The van der Waals surface area contributed by atoms with Crippen LogP contribution in [0.15, 0.2) is 66.7 Å². The summed E-state index contributed by atoms with van der Waals surface area (Å²) in [5, 5.41) is 16.0. The summed E-state index contributed by atoms with van der Waals surface area (Å²) in [6.07, 6.45) is 3.14. The average Bonchev–Trinajstić information content (AvgIpc) is 3.08. The van der Waals surface area contributed by atoms with Crippen molar-refractivity contribution in [2.24, 2.45) is 0 Å². The number of anilines is 1. The van der Waals surface area contributed by atoms with E-state index in [0.29, 0.717) is 16.4 Å². The largest absolute Gasteiger partial charge is 0.323 e. The molecule has 0 fully saturated rings. The predicted molar refractivity (Wildman–Crippen MR) is 110 cm³/mol. The maximum atomic E-state index is 12.1. The van der Waals surface area contributed by atoms with Crippen LogP contribution in [0.1, 0.15) is 11.4 Å². The molecule has 1 amide bonds. The van der Waals surface area contributed by atoms with E-state index in [-0.39, 0.29) is 5.91 Å². The van der Waals surface area contributed by atoms with Crippen LogP contribution in [0.25, 0.3) is 23.0 Å². The van der Waals surface area contributed by atoms with Crippen molar-refractivity contribution >= 4 is 34.9 Å². The molecule has 4 rings (SSSR count). The number of halogens is 1. The molecule has 4 aromatic rings. The fourth-order valence-electron chi connectivity index (χ4n) is 2.73. The van der Waals surface area contributed by atoms with E-state index in [1.165, 1.54) is 6.08 Å². The Hall–Kier alpha value is -3.51. The monoisotopic (exact) mass is 389 g/mol. The summed E-state index contributed by atoms with van der Waals surface area (Å²) in [6.45, 7) is 1.85. The number of benzene rings is 2. The van der Waals surface area contributed by atoms with Gasteiger partial charge >= 0.3 is 0 Å². The van der Waals surface area contributed by atoms with Gasteiger partial charge in [0.05, 0.1) is 5.69 Å². The minimum atomic E-state index is -0.229. The van der Waals surface area contributed by atoms with Crippen molar-refractivity contribution in [1.29, 1.82) is 0 Å². The van der Waals surface area contributed by atoms with Crippen LogP contribution < -0.4 is 5.32 Å². The van der Waals surface area contributed by atoms with Crippen LogP contribution >= 0.6 is 11.6 Å². The van der Waals surface area contributed by atoms with Crippen molar-refractivity contribution in [2.45, 2.75) is 6.92 Å². The number of nitrogens with zero attached hydrogens (tertiary/aromatic N) is 4. The topological polar surface area (TPSA) is 72.2 Å². The maximum absolute atomic E-state index is 12.1. The Kier molecular flexibility index (Phi) is 4.87. The number of fused-ring (bicyclic) bond motifs is 1. The third-order valence-electron chi connectivity index (χ3n) is 4.19. The van der Waals surface area contributed by atoms with E-state index < -0.39 is 0 Å². The summed E-state index contributed by atoms with van der Waals surface area (Å²) in [6, 6.07) is 18.6. The minimum absolute atomic E-state index is 0.229. The van der Waals surface area contributed by atoms with Crippen LogP contribution in [-0.4, -0.2) is 25.7 Å². The van der Waals surface area contributed by atoms with E-state index in [4.69, 9.17) is 11.6 Å². The molecule has 28 heavy (non-hydrogen) atoms.